The summed E-state index contributed by atoms with van der Waals surface area (Å²) < 4.78 is 15.5. The van der Waals surface area contributed by atoms with E-state index in [4.69, 9.17) is 4.98 Å². The number of imidazole rings is 1. The third-order valence-electron chi connectivity index (χ3n) is 6.99. The van der Waals surface area contributed by atoms with Gasteiger partial charge in [0.15, 0.2) is 0 Å². The molecule has 2 atom stereocenters. The Kier molecular flexibility index (Phi) is 5.09. The monoisotopic (exact) mass is 458 g/mol. The van der Waals surface area contributed by atoms with Gasteiger partial charge >= 0.3 is 0 Å². The number of hydrogen-bond acceptors (Lipinski definition) is 6. The molecule has 0 bridgehead atoms. The zero-order valence-electron chi connectivity index (χ0n) is 19.2. The fourth-order valence-electron chi connectivity index (χ4n) is 5.31. The summed E-state index contributed by atoms with van der Waals surface area (Å²) in [7, 11) is 4.20. The molecule has 0 saturated carbocycles. The number of halogens is 1. The van der Waals surface area contributed by atoms with E-state index in [9.17, 15) is 9.50 Å². The number of rotatable bonds is 4. The van der Waals surface area contributed by atoms with Gasteiger partial charge in [-0.05, 0) is 62.7 Å². The molecule has 0 radical (unpaired) electrons. The fraction of sp³-hybridized carbons (Fsp3) is 0.308. The molecule has 1 aliphatic carbocycles. The van der Waals surface area contributed by atoms with Gasteiger partial charge < -0.3 is 15.3 Å². The zero-order chi connectivity index (χ0) is 23.4. The Labute approximate surface area is 197 Å². The molecule has 8 heteroatoms. The highest BCUT2D eigenvalue weighted by molar-refractivity contribution is 5.76. The lowest BCUT2D eigenvalue weighted by atomic mass is 9.91. The van der Waals surface area contributed by atoms with Crippen LogP contribution < -0.4 is 10.6 Å². The summed E-state index contributed by atoms with van der Waals surface area (Å²) in [5.74, 6) is 0.451. The molecule has 0 fully saturated rings. The number of pyridine rings is 2. The molecule has 34 heavy (non-hydrogen) atoms. The first-order chi connectivity index (χ1) is 16.5. The van der Waals surface area contributed by atoms with Crippen molar-refractivity contribution in [3.63, 3.8) is 0 Å². The van der Waals surface area contributed by atoms with Gasteiger partial charge in [0.05, 0.1) is 23.6 Å². The van der Waals surface area contributed by atoms with Crippen molar-refractivity contribution in [3.8, 4) is 11.3 Å². The van der Waals surface area contributed by atoms with Crippen molar-refractivity contribution < 1.29 is 9.50 Å². The first-order valence-corrected chi connectivity index (χ1v) is 11.6. The largest absolute Gasteiger partial charge is 0.374 e. The van der Waals surface area contributed by atoms with Gasteiger partial charge in [-0.3, -0.25) is 9.72 Å². The lowest BCUT2D eigenvalue weighted by Gasteiger charge is -2.30. The number of aryl methyl sites for hydroxylation is 1. The van der Waals surface area contributed by atoms with Crippen LogP contribution in [0.25, 0.3) is 16.9 Å². The summed E-state index contributed by atoms with van der Waals surface area (Å²) in [5, 5.41) is 17.4. The van der Waals surface area contributed by atoms with Crippen LogP contribution in [0.2, 0.25) is 0 Å². The highest BCUT2D eigenvalue weighted by atomic mass is 19.1. The Hall–Kier alpha value is -3.33. The smallest absolute Gasteiger partial charge is 0.140 e. The van der Waals surface area contributed by atoms with Crippen molar-refractivity contribution in [1.29, 1.82) is 0 Å². The van der Waals surface area contributed by atoms with Crippen LogP contribution >= 0.6 is 0 Å². The summed E-state index contributed by atoms with van der Waals surface area (Å²) in [4.78, 5) is 11.6. The van der Waals surface area contributed by atoms with Gasteiger partial charge in [0.25, 0.3) is 0 Å². The maximum atomic E-state index is 13.6. The van der Waals surface area contributed by atoms with Gasteiger partial charge in [-0.1, -0.05) is 12.1 Å². The Morgan fingerprint density at radius 1 is 1.21 bits per heavy atom. The minimum atomic E-state index is -0.791. The SMILES string of the molecule is CN(C)C1CCCc2ccc(Nc3ccc(-c4cnc5cc(F)ccn45)c4c3C(O)NC4)nc21. The quantitative estimate of drug-likeness (QED) is 0.423. The van der Waals surface area contributed by atoms with E-state index in [2.05, 4.69) is 40.7 Å². The maximum Gasteiger partial charge on any atom is 0.140 e. The number of benzene rings is 1. The molecule has 0 spiro atoms. The highest BCUT2D eigenvalue weighted by Crippen LogP contribution is 2.39. The molecule has 0 amide bonds. The van der Waals surface area contributed by atoms with Gasteiger partial charge in [-0.25, -0.2) is 14.4 Å². The Balaban J connectivity index is 1.40. The maximum absolute atomic E-state index is 13.6. The normalized spacial score (nSPS) is 19.4. The predicted octanol–water partition coefficient (Wildman–Crippen LogP) is 4.31. The van der Waals surface area contributed by atoms with E-state index >= 15 is 0 Å². The van der Waals surface area contributed by atoms with Crippen molar-refractivity contribution in [2.75, 3.05) is 19.4 Å². The highest BCUT2D eigenvalue weighted by Gasteiger charge is 2.28. The Bertz CT molecular complexity index is 1400. The van der Waals surface area contributed by atoms with Crippen LogP contribution in [-0.4, -0.2) is 38.5 Å². The molecule has 3 aromatic heterocycles. The summed E-state index contributed by atoms with van der Waals surface area (Å²) in [5.41, 5.74) is 7.41. The molecule has 0 saturated heterocycles. The molecule has 6 rings (SSSR count). The zero-order valence-corrected chi connectivity index (χ0v) is 19.2. The molecule has 4 aromatic rings. The average Bonchev–Trinajstić information content (AvgIpc) is 3.42. The van der Waals surface area contributed by atoms with Crippen molar-refractivity contribution in [1.82, 2.24) is 24.6 Å². The van der Waals surface area contributed by atoms with Gasteiger partial charge in [-0.15, -0.1) is 0 Å². The minimum absolute atomic E-state index is 0.311. The van der Waals surface area contributed by atoms with Crippen molar-refractivity contribution >= 4 is 17.2 Å². The van der Waals surface area contributed by atoms with E-state index in [1.165, 1.54) is 24.1 Å². The molecule has 7 nitrogen and oxygen atoms in total. The topological polar surface area (TPSA) is 77.7 Å². The summed E-state index contributed by atoms with van der Waals surface area (Å²) >= 11 is 0. The molecule has 1 aliphatic heterocycles. The second-order valence-corrected chi connectivity index (χ2v) is 9.29. The third-order valence-corrected chi connectivity index (χ3v) is 6.99. The van der Waals surface area contributed by atoms with Crippen LogP contribution in [-0.2, 0) is 13.0 Å². The van der Waals surface area contributed by atoms with Gasteiger partial charge in [0, 0.05) is 35.6 Å². The van der Waals surface area contributed by atoms with Gasteiger partial charge in [0.1, 0.15) is 23.5 Å². The number of anilines is 2. The van der Waals surface area contributed by atoms with Crippen LogP contribution in [0.3, 0.4) is 0 Å². The molecule has 3 N–H and O–H groups in total. The molecule has 4 heterocycles. The van der Waals surface area contributed by atoms with Gasteiger partial charge in [-0.2, -0.15) is 0 Å². The number of aromatic nitrogens is 3. The van der Waals surface area contributed by atoms with E-state index in [1.54, 1.807) is 12.4 Å². The van der Waals surface area contributed by atoms with E-state index < -0.39 is 6.23 Å². The van der Waals surface area contributed by atoms with Crippen molar-refractivity contribution in [2.24, 2.45) is 0 Å². The minimum Gasteiger partial charge on any atom is -0.374 e. The van der Waals surface area contributed by atoms with Crippen molar-refractivity contribution in [3.05, 3.63) is 77.0 Å². The molecule has 1 aromatic carbocycles. The average molecular weight is 459 g/mol. The lowest BCUT2D eigenvalue weighted by Crippen LogP contribution is -2.25. The number of fused-ring (bicyclic) bond motifs is 3. The third kappa shape index (κ3) is 3.46. The van der Waals surface area contributed by atoms with Crippen LogP contribution in [0.1, 0.15) is 47.5 Å². The van der Waals surface area contributed by atoms with E-state index in [0.717, 1.165) is 52.4 Å². The number of aliphatic hydroxyl groups excluding tert-OH is 1. The summed E-state index contributed by atoms with van der Waals surface area (Å²) in [6.45, 7) is 0.524. The molecule has 174 valence electrons. The van der Waals surface area contributed by atoms with Crippen LogP contribution in [0, 0.1) is 5.82 Å². The molecule has 2 aliphatic rings. The number of nitrogens with one attached hydrogen (secondary N) is 2. The number of aliphatic hydroxyl groups is 1. The van der Waals surface area contributed by atoms with Crippen LogP contribution in [0.5, 0.6) is 0 Å². The first kappa shape index (κ1) is 21.2. The second kappa shape index (κ2) is 8.16. The number of hydrogen-bond donors (Lipinski definition) is 3. The predicted molar refractivity (Wildman–Crippen MR) is 129 cm³/mol. The fourth-order valence-corrected chi connectivity index (χ4v) is 5.31. The van der Waals surface area contributed by atoms with E-state index in [-0.39, 0.29) is 5.82 Å². The lowest BCUT2D eigenvalue weighted by molar-refractivity contribution is 0.152. The van der Waals surface area contributed by atoms with Crippen LogP contribution in [0.4, 0.5) is 15.9 Å². The van der Waals surface area contributed by atoms with E-state index in [1.807, 2.05) is 22.6 Å². The number of nitrogens with zero attached hydrogens (tertiary/aromatic N) is 4. The van der Waals surface area contributed by atoms with E-state index in [0.29, 0.717) is 18.2 Å². The standard InChI is InChI=1S/C26H27FN6O/c1-32(2)20-5-3-4-15-6-9-22(31-25(15)20)30-19-8-7-17(18-13-29-26(34)24(18)19)21-14-28-23-12-16(27)10-11-33(21)23/h6-12,14,20,26,29,34H,3-5,13H2,1-2H3,(H,30,31). The van der Waals surface area contributed by atoms with Gasteiger partial charge in [0.2, 0.25) is 0 Å². The Morgan fingerprint density at radius 2 is 2.09 bits per heavy atom. The first-order valence-electron chi connectivity index (χ1n) is 11.6. The van der Waals surface area contributed by atoms with Crippen molar-refractivity contribution in [2.45, 2.75) is 38.1 Å². The molecule has 2 unspecified atom stereocenters. The summed E-state index contributed by atoms with van der Waals surface area (Å²) in [6, 6.07) is 11.3. The van der Waals surface area contributed by atoms with Crippen LogP contribution in [0.15, 0.2) is 48.8 Å². The molecular weight excluding hydrogens is 431 g/mol. The molecular formula is C26H27FN6O. The second-order valence-electron chi connectivity index (χ2n) is 9.29. The Morgan fingerprint density at radius 3 is 2.94 bits per heavy atom. The summed E-state index contributed by atoms with van der Waals surface area (Å²) in [6.07, 6.45) is 5.97.